The summed E-state index contributed by atoms with van der Waals surface area (Å²) >= 11 is 5.88. The summed E-state index contributed by atoms with van der Waals surface area (Å²) in [5.41, 5.74) is 0.487. The Labute approximate surface area is 215 Å². The van der Waals surface area contributed by atoms with Crippen molar-refractivity contribution >= 4 is 27.6 Å². The van der Waals surface area contributed by atoms with Gasteiger partial charge >= 0.3 is 0 Å². The minimum atomic E-state index is -3.96. The molecule has 11 nitrogen and oxygen atoms in total. The van der Waals surface area contributed by atoms with E-state index in [1.54, 1.807) is 36.6 Å². The normalized spacial score (nSPS) is 19.6. The van der Waals surface area contributed by atoms with Crippen LogP contribution in [-0.4, -0.2) is 65.3 Å². The van der Waals surface area contributed by atoms with Gasteiger partial charge in [-0.1, -0.05) is 24.6 Å². The molecule has 1 N–H and O–H groups in total. The average Bonchev–Trinajstić information content (AvgIpc) is 3.48. The second kappa shape index (κ2) is 10.6. The lowest BCUT2D eigenvalue weighted by Crippen LogP contribution is -2.31. The zero-order valence-corrected chi connectivity index (χ0v) is 22.2. The number of ether oxygens (including phenoxy) is 3. The molecule has 0 bridgehead atoms. The lowest BCUT2D eigenvalue weighted by molar-refractivity contribution is 0.123. The van der Waals surface area contributed by atoms with Gasteiger partial charge < -0.3 is 14.2 Å². The molecule has 0 saturated carbocycles. The summed E-state index contributed by atoms with van der Waals surface area (Å²) < 4.78 is 48.2. The van der Waals surface area contributed by atoms with Crippen LogP contribution in [0.3, 0.4) is 0 Å². The van der Waals surface area contributed by atoms with Crippen molar-refractivity contribution in [3.63, 3.8) is 0 Å². The number of aromatic nitrogens is 5. The maximum atomic E-state index is 13.5. The largest absolute Gasteiger partial charge is 0.494 e. The number of anilines is 1. The first kappa shape index (κ1) is 26.1. The third-order valence-corrected chi connectivity index (χ3v) is 8.40. The Morgan fingerprint density at radius 3 is 2.33 bits per heavy atom. The lowest BCUT2D eigenvalue weighted by atomic mass is 10.1. The zero-order valence-electron chi connectivity index (χ0n) is 20.7. The van der Waals surface area contributed by atoms with Gasteiger partial charge in [0.2, 0.25) is 16.0 Å². The molecule has 0 spiro atoms. The van der Waals surface area contributed by atoms with Crippen LogP contribution in [0, 0.1) is 0 Å². The minimum absolute atomic E-state index is 0.0171. The van der Waals surface area contributed by atoms with Gasteiger partial charge in [-0.2, -0.15) is 0 Å². The molecule has 36 heavy (non-hydrogen) atoms. The van der Waals surface area contributed by atoms with Gasteiger partial charge in [-0.05, 0) is 32.4 Å². The van der Waals surface area contributed by atoms with Gasteiger partial charge in [-0.3, -0.25) is 9.29 Å². The SMILES string of the molecule is COc1cccc(OC)c1-n1c(NS(=O)(=O)[C@@H](C)[C@H](C)c2ncc(Cl)cn2)nnc1[C@H]1CO[C@@H](C)C1. The molecule has 2 aromatic heterocycles. The fraction of sp³-hybridized carbons (Fsp3) is 0.478. The van der Waals surface area contributed by atoms with E-state index in [-0.39, 0.29) is 18.0 Å². The molecule has 194 valence electrons. The van der Waals surface area contributed by atoms with E-state index in [9.17, 15) is 8.42 Å². The Morgan fingerprint density at radius 2 is 1.78 bits per heavy atom. The summed E-state index contributed by atoms with van der Waals surface area (Å²) in [6.45, 7) is 5.74. The molecule has 1 aromatic carbocycles. The van der Waals surface area contributed by atoms with Gasteiger partial charge in [0.15, 0.2) is 0 Å². The third-order valence-electron chi connectivity index (χ3n) is 6.35. The van der Waals surface area contributed by atoms with Crippen LogP contribution in [0.1, 0.15) is 50.7 Å². The number of halogens is 1. The third kappa shape index (κ3) is 5.11. The molecule has 0 amide bonds. The summed E-state index contributed by atoms with van der Waals surface area (Å²) in [4.78, 5) is 8.36. The highest BCUT2D eigenvalue weighted by atomic mass is 35.5. The van der Waals surface area contributed by atoms with E-state index in [1.807, 2.05) is 6.92 Å². The van der Waals surface area contributed by atoms with Gasteiger partial charge in [0, 0.05) is 24.2 Å². The smallest absolute Gasteiger partial charge is 0.243 e. The van der Waals surface area contributed by atoms with E-state index in [1.165, 1.54) is 26.6 Å². The zero-order chi connectivity index (χ0) is 26.0. The standard InChI is InChI=1S/C23H29ClN6O5S/c1-13-9-16(12-35-13)22-27-28-23(30(22)20-18(33-4)7-6-8-19(20)34-5)29-36(31,32)15(3)14(2)21-25-10-17(24)11-26-21/h6-8,10-11,13-16H,9,12H2,1-5H3,(H,28,29)/t13-,14-,15-,16+/m0/s1. The molecule has 1 aliphatic rings. The summed E-state index contributed by atoms with van der Waals surface area (Å²) in [5, 5.41) is 8.07. The Bertz CT molecular complexity index is 1290. The van der Waals surface area contributed by atoms with Gasteiger partial charge in [-0.25, -0.2) is 18.4 Å². The van der Waals surface area contributed by atoms with Crippen LogP contribution in [0.4, 0.5) is 5.95 Å². The topological polar surface area (TPSA) is 130 Å². The van der Waals surface area contributed by atoms with Crippen LogP contribution < -0.4 is 14.2 Å². The number of para-hydroxylation sites is 1. The van der Waals surface area contributed by atoms with Gasteiger partial charge in [0.25, 0.3) is 0 Å². The molecule has 3 aromatic rings. The fourth-order valence-corrected chi connectivity index (χ4v) is 5.48. The first-order valence-electron chi connectivity index (χ1n) is 11.4. The first-order chi connectivity index (χ1) is 17.2. The molecule has 1 aliphatic heterocycles. The van der Waals surface area contributed by atoms with E-state index < -0.39 is 21.2 Å². The van der Waals surface area contributed by atoms with Crippen LogP contribution in [0.15, 0.2) is 30.6 Å². The molecule has 13 heteroatoms. The predicted molar refractivity (Wildman–Crippen MR) is 135 cm³/mol. The maximum absolute atomic E-state index is 13.5. The van der Waals surface area contributed by atoms with Crippen molar-refractivity contribution in [1.29, 1.82) is 0 Å². The molecular weight excluding hydrogens is 508 g/mol. The molecule has 0 radical (unpaired) electrons. The van der Waals surface area contributed by atoms with Gasteiger partial charge in [0.1, 0.15) is 28.8 Å². The van der Waals surface area contributed by atoms with E-state index in [4.69, 9.17) is 25.8 Å². The highest BCUT2D eigenvalue weighted by molar-refractivity contribution is 7.93. The van der Waals surface area contributed by atoms with Crippen LogP contribution in [0.25, 0.3) is 5.69 Å². The average molecular weight is 537 g/mol. The number of sulfonamides is 1. The van der Waals surface area contributed by atoms with Crippen molar-refractivity contribution in [2.75, 3.05) is 25.5 Å². The highest BCUT2D eigenvalue weighted by Gasteiger charge is 2.35. The summed E-state index contributed by atoms with van der Waals surface area (Å²) in [6.07, 6.45) is 3.63. The van der Waals surface area contributed by atoms with Crippen molar-refractivity contribution < 1.29 is 22.6 Å². The number of benzene rings is 1. The maximum Gasteiger partial charge on any atom is 0.243 e. The fourth-order valence-electron chi connectivity index (χ4n) is 4.15. The lowest BCUT2D eigenvalue weighted by Gasteiger charge is -2.22. The molecule has 0 unspecified atom stereocenters. The second-order valence-corrected chi connectivity index (χ2v) is 11.2. The quantitative estimate of drug-likeness (QED) is 0.436. The molecule has 4 rings (SSSR count). The Balaban J connectivity index is 1.77. The van der Waals surface area contributed by atoms with Crippen molar-refractivity contribution in [3.05, 3.63) is 47.3 Å². The Morgan fingerprint density at radius 1 is 1.14 bits per heavy atom. The molecule has 1 saturated heterocycles. The molecule has 1 fully saturated rings. The van der Waals surface area contributed by atoms with Crippen molar-refractivity contribution in [2.24, 2.45) is 0 Å². The minimum Gasteiger partial charge on any atom is -0.494 e. The highest BCUT2D eigenvalue weighted by Crippen LogP contribution is 2.39. The van der Waals surface area contributed by atoms with E-state index in [0.717, 1.165) is 0 Å². The van der Waals surface area contributed by atoms with Crippen molar-refractivity contribution in [1.82, 2.24) is 24.7 Å². The molecule has 0 aliphatic carbocycles. The van der Waals surface area contributed by atoms with Crippen molar-refractivity contribution in [2.45, 2.75) is 50.4 Å². The van der Waals surface area contributed by atoms with E-state index in [0.29, 0.717) is 46.9 Å². The molecular formula is C23H29ClN6O5S. The van der Waals surface area contributed by atoms with Gasteiger partial charge in [-0.15, -0.1) is 10.2 Å². The van der Waals surface area contributed by atoms with E-state index in [2.05, 4.69) is 24.9 Å². The number of methoxy groups -OCH3 is 2. The van der Waals surface area contributed by atoms with Crippen LogP contribution in [0.2, 0.25) is 5.02 Å². The monoisotopic (exact) mass is 536 g/mol. The summed E-state index contributed by atoms with van der Waals surface area (Å²) in [6, 6.07) is 5.30. The molecule has 3 heterocycles. The molecule has 4 atom stereocenters. The first-order valence-corrected chi connectivity index (χ1v) is 13.4. The van der Waals surface area contributed by atoms with Gasteiger partial charge in [0.05, 0.1) is 37.2 Å². The summed E-state index contributed by atoms with van der Waals surface area (Å²) in [7, 11) is -0.900. The number of hydrogen-bond acceptors (Lipinski definition) is 9. The number of nitrogens with zero attached hydrogens (tertiary/aromatic N) is 5. The van der Waals surface area contributed by atoms with Crippen LogP contribution >= 0.6 is 11.6 Å². The van der Waals surface area contributed by atoms with Crippen LogP contribution in [-0.2, 0) is 14.8 Å². The predicted octanol–water partition coefficient (Wildman–Crippen LogP) is 3.55. The van der Waals surface area contributed by atoms with Crippen LogP contribution in [0.5, 0.6) is 11.5 Å². The Hall–Kier alpha value is -2.96. The number of nitrogens with one attached hydrogen (secondary N) is 1. The Kier molecular flexibility index (Phi) is 7.67. The second-order valence-electron chi connectivity index (χ2n) is 8.71. The van der Waals surface area contributed by atoms with E-state index >= 15 is 0 Å². The number of hydrogen-bond donors (Lipinski definition) is 1. The summed E-state index contributed by atoms with van der Waals surface area (Å²) in [5.74, 6) is 1.24. The van der Waals surface area contributed by atoms with Crippen molar-refractivity contribution in [3.8, 4) is 17.2 Å². The number of rotatable bonds is 9.